The minimum absolute atomic E-state index is 0.212. The van der Waals surface area contributed by atoms with E-state index in [1.54, 1.807) is 27.8 Å². The summed E-state index contributed by atoms with van der Waals surface area (Å²) >= 11 is 0. The zero-order valence-corrected chi connectivity index (χ0v) is 20.9. The van der Waals surface area contributed by atoms with Crippen LogP contribution in [-0.2, 0) is 23.6 Å². The number of allylic oxidation sites excluding steroid dienone is 2. The monoisotopic (exact) mass is 426 g/mol. The molecule has 0 aliphatic heterocycles. The van der Waals surface area contributed by atoms with Crippen molar-refractivity contribution in [2.75, 3.05) is 6.61 Å². The molecule has 0 aromatic carbocycles. The molecule has 1 aromatic heterocycles. The quantitative estimate of drug-likeness (QED) is 0.325. The van der Waals surface area contributed by atoms with Gasteiger partial charge in [-0.3, -0.25) is 14.2 Å². The molecule has 0 saturated heterocycles. The van der Waals surface area contributed by atoms with Crippen LogP contribution in [0.4, 0.5) is 0 Å². The van der Waals surface area contributed by atoms with Crippen molar-refractivity contribution in [3.63, 3.8) is 0 Å². The molecule has 0 bridgehead atoms. The Kier molecular flexibility index (Phi) is 25.1. The van der Waals surface area contributed by atoms with Gasteiger partial charge in [0.1, 0.15) is 0 Å². The van der Waals surface area contributed by atoms with Crippen molar-refractivity contribution in [2.24, 2.45) is 14.1 Å². The smallest absolute Gasteiger partial charge is 0.330 e. The van der Waals surface area contributed by atoms with Crippen LogP contribution in [-0.4, -0.2) is 22.2 Å². The Balaban J connectivity index is -0.000000350. The van der Waals surface area contributed by atoms with E-state index in [0.29, 0.717) is 18.6 Å². The molecule has 0 unspecified atom stereocenters. The second-order valence-corrected chi connectivity index (χ2v) is 6.89. The number of rotatable bonds is 8. The largest absolute Gasteiger partial charge is 0.468 e. The normalized spacial score (nSPS) is 9.50. The molecule has 1 heterocycles. The lowest BCUT2D eigenvalue weighted by Crippen LogP contribution is -2.39. The van der Waals surface area contributed by atoms with E-state index >= 15 is 0 Å². The minimum atomic E-state index is -0.275. The van der Waals surface area contributed by atoms with Crippen LogP contribution in [0, 0.1) is 13.8 Å². The highest BCUT2D eigenvalue weighted by Crippen LogP contribution is 2.00. The van der Waals surface area contributed by atoms with Gasteiger partial charge in [-0.25, -0.2) is 4.79 Å². The highest BCUT2D eigenvalue weighted by atomic mass is 16.5. The van der Waals surface area contributed by atoms with Crippen molar-refractivity contribution in [1.29, 1.82) is 0 Å². The summed E-state index contributed by atoms with van der Waals surface area (Å²) in [6.07, 6.45) is 13.8. The van der Waals surface area contributed by atoms with Crippen molar-refractivity contribution >= 4 is 6.47 Å². The van der Waals surface area contributed by atoms with Crippen molar-refractivity contribution in [3.8, 4) is 0 Å². The number of carbonyl (C=O) groups is 1. The van der Waals surface area contributed by atoms with E-state index in [9.17, 15) is 14.4 Å². The highest BCUT2D eigenvalue weighted by Gasteiger charge is 2.06. The van der Waals surface area contributed by atoms with Gasteiger partial charge in [0, 0.05) is 25.4 Å². The van der Waals surface area contributed by atoms with Gasteiger partial charge in [-0.2, -0.15) is 0 Å². The third-order valence-corrected chi connectivity index (χ3v) is 4.38. The fourth-order valence-corrected chi connectivity index (χ4v) is 2.19. The van der Waals surface area contributed by atoms with Crippen LogP contribution >= 0.6 is 0 Å². The second-order valence-electron chi connectivity index (χ2n) is 6.89. The van der Waals surface area contributed by atoms with E-state index in [1.807, 2.05) is 0 Å². The third-order valence-electron chi connectivity index (χ3n) is 4.38. The SMILES string of the molecule is C/C=C/CCC.CCCCCCC.CCOC=O.Cc1c(C)n(C)c(=O)n(C)c1=O. The topological polar surface area (TPSA) is 70.3 Å². The number of aromatic nitrogens is 2. The number of hydrogen-bond donors (Lipinski definition) is 0. The fourth-order valence-electron chi connectivity index (χ4n) is 2.19. The molecule has 0 spiro atoms. The van der Waals surface area contributed by atoms with Crippen LogP contribution in [0.3, 0.4) is 0 Å². The first-order valence-corrected chi connectivity index (χ1v) is 11.1. The molecule has 0 amide bonds. The summed E-state index contributed by atoms with van der Waals surface area (Å²) < 4.78 is 6.74. The van der Waals surface area contributed by atoms with E-state index < -0.39 is 0 Å². The maximum Gasteiger partial charge on any atom is 0.330 e. The standard InChI is InChI=1S/C8H12N2O2.C7H16.C6H12.C3H6O2/c1-5-6(2)9(3)8(12)10(4)7(5)11;1-3-5-7-6-4-2;1-3-5-6-4-2;1-2-5-3-4/h1-4H3;3-7H2,1-2H3;3,5H,4,6H2,1-2H3;3H,2H2,1H3/b;;5-3+;. The maximum absolute atomic E-state index is 11.3. The van der Waals surface area contributed by atoms with Gasteiger partial charge in [-0.05, 0) is 34.1 Å². The van der Waals surface area contributed by atoms with Gasteiger partial charge in [0.2, 0.25) is 0 Å². The zero-order valence-electron chi connectivity index (χ0n) is 20.9. The zero-order chi connectivity index (χ0) is 23.9. The number of carbonyl (C=O) groups excluding carboxylic acids is 1. The Bertz CT molecular complexity index is 632. The molecule has 30 heavy (non-hydrogen) atoms. The van der Waals surface area contributed by atoms with Crippen molar-refractivity contribution < 1.29 is 9.53 Å². The molecule has 0 aliphatic carbocycles. The van der Waals surface area contributed by atoms with E-state index in [0.717, 1.165) is 10.3 Å². The lowest BCUT2D eigenvalue weighted by molar-refractivity contribution is -0.128. The molecule has 0 saturated carbocycles. The van der Waals surface area contributed by atoms with Crippen molar-refractivity contribution in [1.82, 2.24) is 9.13 Å². The molecule has 0 N–H and O–H groups in total. The lowest BCUT2D eigenvalue weighted by Gasteiger charge is -2.07. The van der Waals surface area contributed by atoms with Gasteiger partial charge in [0.05, 0.1) is 6.61 Å². The number of ether oxygens (including phenoxy) is 1. The Morgan fingerprint density at radius 1 is 0.867 bits per heavy atom. The van der Waals surface area contributed by atoms with Crippen molar-refractivity contribution in [3.05, 3.63) is 44.2 Å². The van der Waals surface area contributed by atoms with Gasteiger partial charge in [-0.1, -0.05) is 71.4 Å². The van der Waals surface area contributed by atoms with E-state index in [4.69, 9.17) is 0 Å². The van der Waals surface area contributed by atoms with Crippen LogP contribution in [0.5, 0.6) is 0 Å². The average molecular weight is 427 g/mol. The first kappa shape index (κ1) is 32.6. The molecule has 0 atom stereocenters. The molecular formula is C24H46N2O4. The van der Waals surface area contributed by atoms with Crippen LogP contribution < -0.4 is 11.2 Å². The molecule has 176 valence electrons. The first-order valence-electron chi connectivity index (χ1n) is 11.1. The minimum Gasteiger partial charge on any atom is -0.468 e. The number of unbranched alkanes of at least 4 members (excludes halogenated alkanes) is 5. The summed E-state index contributed by atoms with van der Waals surface area (Å²) in [7, 11) is 3.14. The van der Waals surface area contributed by atoms with Crippen LogP contribution in [0.15, 0.2) is 21.7 Å². The van der Waals surface area contributed by atoms with Gasteiger partial charge in [-0.15, -0.1) is 0 Å². The predicted molar refractivity (Wildman–Crippen MR) is 128 cm³/mol. The molecule has 6 nitrogen and oxygen atoms in total. The summed E-state index contributed by atoms with van der Waals surface area (Å²) in [5, 5.41) is 0. The van der Waals surface area contributed by atoms with Gasteiger partial charge < -0.3 is 9.30 Å². The molecule has 0 radical (unpaired) electrons. The Morgan fingerprint density at radius 3 is 1.70 bits per heavy atom. The average Bonchev–Trinajstić information content (AvgIpc) is 2.76. The van der Waals surface area contributed by atoms with E-state index in [-0.39, 0.29) is 11.2 Å². The summed E-state index contributed by atoms with van der Waals surface area (Å²) in [6.45, 7) is 14.9. The lowest BCUT2D eigenvalue weighted by atomic mass is 10.2. The summed E-state index contributed by atoms with van der Waals surface area (Å²) in [5.74, 6) is 0. The van der Waals surface area contributed by atoms with Gasteiger partial charge in [0.25, 0.3) is 12.0 Å². The highest BCUT2D eigenvalue weighted by molar-refractivity contribution is 5.36. The Labute approximate surface area is 184 Å². The van der Waals surface area contributed by atoms with Gasteiger partial charge in [0.15, 0.2) is 0 Å². The van der Waals surface area contributed by atoms with Crippen LogP contribution in [0.1, 0.15) is 90.8 Å². The second kappa shape index (κ2) is 23.2. The number of nitrogens with zero attached hydrogens (tertiary/aromatic N) is 2. The first-order chi connectivity index (χ1) is 14.2. The Hall–Kier alpha value is -2.11. The molecule has 0 fully saturated rings. The summed E-state index contributed by atoms with van der Waals surface area (Å²) in [6, 6.07) is 0. The van der Waals surface area contributed by atoms with Gasteiger partial charge >= 0.3 is 5.69 Å². The summed E-state index contributed by atoms with van der Waals surface area (Å²) in [4.78, 5) is 31.8. The van der Waals surface area contributed by atoms with Crippen LogP contribution in [0.25, 0.3) is 0 Å². The molecule has 0 aliphatic rings. The molecule has 6 heteroatoms. The summed E-state index contributed by atoms with van der Waals surface area (Å²) in [5.41, 5.74) is 0.862. The Morgan fingerprint density at radius 2 is 1.40 bits per heavy atom. The molecular weight excluding hydrogens is 380 g/mol. The maximum atomic E-state index is 11.3. The van der Waals surface area contributed by atoms with Crippen molar-refractivity contribution in [2.45, 2.75) is 93.4 Å². The third kappa shape index (κ3) is 16.8. The molecule has 1 aromatic rings. The molecule has 1 rings (SSSR count). The fraction of sp³-hybridized carbons (Fsp3) is 0.708. The predicted octanol–water partition coefficient (Wildman–Crippen LogP) is 5.22. The van der Waals surface area contributed by atoms with E-state index in [1.165, 1.54) is 56.6 Å². The number of hydrogen-bond acceptors (Lipinski definition) is 4. The van der Waals surface area contributed by atoms with Crippen LogP contribution in [0.2, 0.25) is 0 Å². The van der Waals surface area contributed by atoms with E-state index in [2.05, 4.69) is 44.6 Å².